The average molecular weight is 390 g/mol. The zero-order valence-electron chi connectivity index (χ0n) is 16.3. The Bertz CT molecular complexity index is 1150. The lowest BCUT2D eigenvalue weighted by molar-refractivity contribution is -0.115. The van der Waals surface area contributed by atoms with Crippen LogP contribution in [0.4, 0.5) is 5.82 Å². The minimum Gasteiger partial charge on any atom is -0.493 e. The summed E-state index contributed by atoms with van der Waals surface area (Å²) in [5, 5.41) is 8.35. The fourth-order valence-corrected chi connectivity index (χ4v) is 3.44. The molecule has 0 unspecified atom stereocenters. The summed E-state index contributed by atoms with van der Waals surface area (Å²) in [5.74, 6) is 1.83. The number of amides is 1. The summed E-state index contributed by atoms with van der Waals surface area (Å²) in [6.45, 7) is 0.441. The standard InChI is InChI=1S/C22H22N4O3/c1-28-19-9-5-6-15(22(19)29-2)14-26-20(10-11-24-26)25-21(27)12-16-13-23-18-8-4-3-7-17(16)18/h3-11,13,23H,12,14H2,1-2H3,(H,25,27). The number of benzene rings is 2. The predicted molar refractivity (Wildman–Crippen MR) is 112 cm³/mol. The smallest absolute Gasteiger partial charge is 0.230 e. The first-order valence-corrected chi connectivity index (χ1v) is 9.26. The highest BCUT2D eigenvalue weighted by molar-refractivity contribution is 5.95. The van der Waals surface area contributed by atoms with Crippen molar-refractivity contribution in [2.24, 2.45) is 0 Å². The van der Waals surface area contributed by atoms with E-state index >= 15 is 0 Å². The molecule has 29 heavy (non-hydrogen) atoms. The molecule has 0 saturated carbocycles. The molecular weight excluding hydrogens is 368 g/mol. The van der Waals surface area contributed by atoms with Crippen molar-refractivity contribution in [2.75, 3.05) is 19.5 Å². The number of anilines is 1. The minimum absolute atomic E-state index is 0.103. The summed E-state index contributed by atoms with van der Waals surface area (Å²) in [4.78, 5) is 15.8. The number of aromatic amines is 1. The Morgan fingerprint density at radius 2 is 1.93 bits per heavy atom. The molecule has 0 radical (unpaired) electrons. The topological polar surface area (TPSA) is 81.2 Å². The summed E-state index contributed by atoms with van der Waals surface area (Å²) in [6, 6.07) is 15.4. The van der Waals surface area contributed by atoms with E-state index < -0.39 is 0 Å². The predicted octanol–water partition coefficient (Wildman–Crippen LogP) is 3.61. The number of carbonyl (C=O) groups is 1. The second-order valence-corrected chi connectivity index (χ2v) is 6.61. The molecule has 148 valence electrons. The monoisotopic (exact) mass is 390 g/mol. The first-order valence-electron chi connectivity index (χ1n) is 9.26. The maximum atomic E-state index is 12.6. The number of para-hydroxylation sites is 2. The van der Waals surface area contributed by atoms with E-state index in [1.807, 2.05) is 48.7 Å². The van der Waals surface area contributed by atoms with E-state index in [4.69, 9.17) is 9.47 Å². The van der Waals surface area contributed by atoms with Crippen molar-refractivity contribution in [2.45, 2.75) is 13.0 Å². The molecule has 7 heteroatoms. The molecule has 0 saturated heterocycles. The molecule has 7 nitrogen and oxygen atoms in total. The third-order valence-electron chi connectivity index (χ3n) is 4.81. The molecule has 0 fully saturated rings. The Hall–Kier alpha value is -3.74. The van der Waals surface area contributed by atoms with Crippen molar-refractivity contribution >= 4 is 22.6 Å². The molecule has 2 aromatic carbocycles. The number of carbonyl (C=O) groups excluding carboxylic acids is 1. The Morgan fingerprint density at radius 3 is 2.76 bits per heavy atom. The normalized spacial score (nSPS) is 10.8. The van der Waals surface area contributed by atoms with Gasteiger partial charge in [-0.2, -0.15) is 5.10 Å². The number of ether oxygens (including phenoxy) is 2. The van der Waals surface area contributed by atoms with Crippen molar-refractivity contribution in [3.05, 3.63) is 72.1 Å². The van der Waals surface area contributed by atoms with Crippen LogP contribution in [0.25, 0.3) is 10.9 Å². The van der Waals surface area contributed by atoms with E-state index in [0.29, 0.717) is 23.9 Å². The maximum absolute atomic E-state index is 12.6. The van der Waals surface area contributed by atoms with E-state index in [-0.39, 0.29) is 12.3 Å². The first kappa shape index (κ1) is 18.6. The van der Waals surface area contributed by atoms with Crippen LogP contribution in [0.1, 0.15) is 11.1 Å². The van der Waals surface area contributed by atoms with Crippen LogP contribution in [0.2, 0.25) is 0 Å². The molecule has 0 aliphatic heterocycles. The van der Waals surface area contributed by atoms with Gasteiger partial charge in [0.15, 0.2) is 11.5 Å². The van der Waals surface area contributed by atoms with E-state index in [9.17, 15) is 4.79 Å². The van der Waals surface area contributed by atoms with Gasteiger partial charge in [-0.1, -0.05) is 30.3 Å². The quantitative estimate of drug-likeness (QED) is 0.505. The number of aromatic nitrogens is 3. The van der Waals surface area contributed by atoms with Crippen LogP contribution in [-0.2, 0) is 17.8 Å². The molecule has 2 N–H and O–H groups in total. The van der Waals surface area contributed by atoms with Gasteiger partial charge in [0, 0.05) is 28.7 Å². The van der Waals surface area contributed by atoms with Crippen molar-refractivity contribution in [3.63, 3.8) is 0 Å². The Balaban J connectivity index is 1.50. The number of hydrogen-bond donors (Lipinski definition) is 2. The van der Waals surface area contributed by atoms with E-state index in [2.05, 4.69) is 15.4 Å². The SMILES string of the molecule is COc1cccc(Cn2nccc2NC(=O)Cc2c[nH]c3ccccc23)c1OC. The minimum atomic E-state index is -0.103. The molecular formula is C22H22N4O3. The van der Waals surface area contributed by atoms with E-state index in [0.717, 1.165) is 22.0 Å². The van der Waals surface area contributed by atoms with Gasteiger partial charge in [0.1, 0.15) is 5.82 Å². The van der Waals surface area contributed by atoms with Gasteiger partial charge in [0.2, 0.25) is 5.91 Å². The van der Waals surface area contributed by atoms with E-state index in [1.54, 1.807) is 31.2 Å². The number of fused-ring (bicyclic) bond motifs is 1. The molecule has 1 amide bonds. The molecule has 4 rings (SSSR count). The summed E-state index contributed by atoms with van der Waals surface area (Å²) >= 11 is 0. The van der Waals surface area contributed by atoms with Crippen molar-refractivity contribution in [1.82, 2.24) is 14.8 Å². The zero-order chi connectivity index (χ0) is 20.2. The Labute approximate surface area is 168 Å². The molecule has 0 aliphatic carbocycles. The van der Waals surface area contributed by atoms with Gasteiger partial charge in [-0.15, -0.1) is 0 Å². The fraction of sp³-hybridized carbons (Fsp3) is 0.182. The summed E-state index contributed by atoms with van der Waals surface area (Å²) in [6.07, 6.45) is 3.81. The molecule has 0 spiro atoms. The van der Waals surface area contributed by atoms with Crippen molar-refractivity contribution in [3.8, 4) is 11.5 Å². The molecule has 0 atom stereocenters. The Kier molecular flexibility index (Phi) is 5.20. The van der Waals surface area contributed by atoms with Crippen LogP contribution in [0.3, 0.4) is 0 Å². The third-order valence-corrected chi connectivity index (χ3v) is 4.81. The van der Waals surface area contributed by atoms with Crippen LogP contribution in [0.15, 0.2) is 60.9 Å². The number of methoxy groups -OCH3 is 2. The lowest BCUT2D eigenvalue weighted by Gasteiger charge is -2.14. The second-order valence-electron chi connectivity index (χ2n) is 6.61. The van der Waals surface area contributed by atoms with E-state index in [1.165, 1.54) is 0 Å². The van der Waals surface area contributed by atoms with Crippen LogP contribution >= 0.6 is 0 Å². The summed E-state index contributed by atoms with van der Waals surface area (Å²) in [5.41, 5.74) is 2.88. The van der Waals surface area contributed by atoms with Crippen LogP contribution < -0.4 is 14.8 Å². The van der Waals surface area contributed by atoms with Crippen LogP contribution in [0, 0.1) is 0 Å². The molecule has 0 bridgehead atoms. The molecule has 4 aromatic rings. The zero-order valence-corrected chi connectivity index (χ0v) is 16.3. The summed E-state index contributed by atoms with van der Waals surface area (Å²) in [7, 11) is 3.21. The van der Waals surface area contributed by atoms with Gasteiger partial charge in [0.05, 0.1) is 33.4 Å². The van der Waals surface area contributed by atoms with Crippen LogP contribution in [-0.4, -0.2) is 34.9 Å². The van der Waals surface area contributed by atoms with Gasteiger partial charge in [0.25, 0.3) is 0 Å². The number of hydrogen-bond acceptors (Lipinski definition) is 4. The second kappa shape index (κ2) is 8.10. The highest BCUT2D eigenvalue weighted by Crippen LogP contribution is 2.31. The Morgan fingerprint density at radius 1 is 1.07 bits per heavy atom. The molecule has 2 heterocycles. The third kappa shape index (κ3) is 3.80. The highest BCUT2D eigenvalue weighted by atomic mass is 16.5. The number of nitrogens with zero attached hydrogens (tertiary/aromatic N) is 2. The maximum Gasteiger partial charge on any atom is 0.230 e. The van der Waals surface area contributed by atoms with Gasteiger partial charge in [-0.3, -0.25) is 4.79 Å². The van der Waals surface area contributed by atoms with Crippen molar-refractivity contribution in [1.29, 1.82) is 0 Å². The van der Waals surface area contributed by atoms with Gasteiger partial charge in [-0.05, 0) is 17.7 Å². The number of nitrogens with one attached hydrogen (secondary N) is 2. The fourth-order valence-electron chi connectivity index (χ4n) is 3.44. The first-order chi connectivity index (χ1) is 14.2. The molecule has 0 aliphatic rings. The van der Waals surface area contributed by atoms with Gasteiger partial charge in [-0.25, -0.2) is 4.68 Å². The lowest BCUT2D eigenvalue weighted by Crippen LogP contribution is -2.18. The molecule has 2 aromatic heterocycles. The van der Waals surface area contributed by atoms with Crippen LogP contribution in [0.5, 0.6) is 11.5 Å². The van der Waals surface area contributed by atoms with Gasteiger partial charge < -0.3 is 19.8 Å². The van der Waals surface area contributed by atoms with Crippen molar-refractivity contribution < 1.29 is 14.3 Å². The van der Waals surface area contributed by atoms with Gasteiger partial charge >= 0.3 is 0 Å². The summed E-state index contributed by atoms with van der Waals surface area (Å²) < 4.78 is 12.6. The average Bonchev–Trinajstić information content (AvgIpc) is 3.35. The number of rotatable bonds is 7. The number of H-pyrrole nitrogens is 1. The lowest BCUT2D eigenvalue weighted by atomic mass is 10.1. The largest absolute Gasteiger partial charge is 0.493 e. The highest BCUT2D eigenvalue weighted by Gasteiger charge is 2.14.